The molecule has 1 heterocycles. The number of carbonyl (C=O) groups excluding carboxylic acids is 2. The van der Waals surface area contributed by atoms with Gasteiger partial charge < -0.3 is 14.8 Å². The van der Waals surface area contributed by atoms with E-state index in [1.54, 1.807) is 12.1 Å². The Morgan fingerprint density at radius 3 is 2.75 bits per heavy atom. The lowest BCUT2D eigenvalue weighted by atomic mass is 10.0. The van der Waals surface area contributed by atoms with E-state index in [0.717, 1.165) is 11.1 Å². The zero-order chi connectivity index (χ0) is 14.9. The number of alkyl carbamates (subject to hydrolysis) is 1. The minimum atomic E-state index is -0.517. The van der Waals surface area contributed by atoms with Crippen LogP contribution >= 0.6 is 0 Å². The predicted molar refractivity (Wildman–Crippen MR) is 73.3 cm³/mol. The van der Waals surface area contributed by atoms with Crippen molar-refractivity contribution in [1.29, 1.82) is 0 Å². The van der Waals surface area contributed by atoms with Crippen molar-refractivity contribution in [2.24, 2.45) is 0 Å². The fourth-order valence-corrected chi connectivity index (χ4v) is 2.02. The molecule has 108 valence electrons. The van der Waals surface area contributed by atoms with Crippen LogP contribution in [-0.4, -0.2) is 17.7 Å². The summed E-state index contributed by atoms with van der Waals surface area (Å²) < 4.78 is 10.3. The molecule has 0 saturated heterocycles. The van der Waals surface area contributed by atoms with Crippen LogP contribution in [0.25, 0.3) is 0 Å². The number of nitrogens with one attached hydrogen (secondary N) is 1. The highest BCUT2D eigenvalue weighted by Crippen LogP contribution is 2.30. The Hall–Kier alpha value is -2.04. The quantitative estimate of drug-likeness (QED) is 0.844. The SMILES string of the molecule is CC1OC(=O)c2ccc(CNC(=O)OC(C)(C)C)cc21. The topological polar surface area (TPSA) is 64.6 Å². The van der Waals surface area contributed by atoms with Crippen LogP contribution in [0, 0.1) is 0 Å². The largest absolute Gasteiger partial charge is 0.454 e. The van der Waals surface area contributed by atoms with Gasteiger partial charge in [0.1, 0.15) is 11.7 Å². The van der Waals surface area contributed by atoms with E-state index in [-0.39, 0.29) is 12.1 Å². The molecule has 1 aromatic rings. The zero-order valence-electron chi connectivity index (χ0n) is 12.1. The summed E-state index contributed by atoms with van der Waals surface area (Å²) in [6.45, 7) is 7.61. The normalized spacial score (nSPS) is 17.4. The maximum Gasteiger partial charge on any atom is 0.407 e. The Labute approximate surface area is 118 Å². The number of ether oxygens (including phenoxy) is 2. The lowest BCUT2D eigenvalue weighted by molar-refractivity contribution is 0.0421. The predicted octanol–water partition coefficient (Wildman–Crippen LogP) is 2.94. The smallest absolute Gasteiger partial charge is 0.407 e. The number of amides is 1. The Morgan fingerprint density at radius 2 is 2.10 bits per heavy atom. The summed E-state index contributed by atoms with van der Waals surface area (Å²) >= 11 is 0. The van der Waals surface area contributed by atoms with Gasteiger partial charge >= 0.3 is 12.1 Å². The van der Waals surface area contributed by atoms with Crippen LogP contribution in [0.15, 0.2) is 18.2 Å². The molecule has 5 nitrogen and oxygen atoms in total. The molecule has 1 amide bonds. The zero-order valence-corrected chi connectivity index (χ0v) is 12.1. The van der Waals surface area contributed by atoms with Crippen molar-refractivity contribution in [3.05, 3.63) is 34.9 Å². The van der Waals surface area contributed by atoms with Crippen molar-refractivity contribution < 1.29 is 19.1 Å². The van der Waals surface area contributed by atoms with Crippen LogP contribution in [0.1, 0.15) is 55.3 Å². The summed E-state index contributed by atoms with van der Waals surface area (Å²) in [7, 11) is 0. The first kappa shape index (κ1) is 14.4. The molecular weight excluding hydrogens is 258 g/mol. The van der Waals surface area contributed by atoms with E-state index in [1.165, 1.54) is 0 Å². The second-order valence-electron chi connectivity index (χ2n) is 5.82. The van der Waals surface area contributed by atoms with Crippen LogP contribution < -0.4 is 5.32 Å². The Balaban J connectivity index is 2.00. The molecule has 1 atom stereocenters. The number of hydrogen-bond acceptors (Lipinski definition) is 4. The number of benzene rings is 1. The summed E-state index contributed by atoms with van der Waals surface area (Å²) in [5.41, 5.74) is 1.84. The van der Waals surface area contributed by atoms with Crippen LogP contribution in [0.5, 0.6) is 0 Å². The van der Waals surface area contributed by atoms with Crippen molar-refractivity contribution in [3.8, 4) is 0 Å². The van der Waals surface area contributed by atoms with E-state index in [9.17, 15) is 9.59 Å². The Bertz CT molecular complexity index is 545. The molecule has 1 aliphatic heterocycles. The van der Waals surface area contributed by atoms with Crippen molar-refractivity contribution in [3.63, 3.8) is 0 Å². The molecule has 0 aliphatic carbocycles. The van der Waals surface area contributed by atoms with Gasteiger partial charge in [0.15, 0.2) is 0 Å². The van der Waals surface area contributed by atoms with Gasteiger partial charge in [0.05, 0.1) is 5.56 Å². The number of rotatable bonds is 2. The van der Waals surface area contributed by atoms with E-state index in [1.807, 2.05) is 33.8 Å². The first-order valence-electron chi connectivity index (χ1n) is 6.57. The summed E-state index contributed by atoms with van der Waals surface area (Å²) in [6, 6.07) is 5.41. The van der Waals surface area contributed by atoms with Crippen molar-refractivity contribution >= 4 is 12.1 Å². The third-order valence-corrected chi connectivity index (χ3v) is 2.89. The third kappa shape index (κ3) is 3.29. The number of hydrogen-bond donors (Lipinski definition) is 1. The fourth-order valence-electron chi connectivity index (χ4n) is 2.02. The molecule has 0 fully saturated rings. The molecule has 1 aromatic carbocycles. The Kier molecular flexibility index (Phi) is 3.70. The molecule has 0 saturated carbocycles. The molecule has 0 radical (unpaired) electrons. The summed E-state index contributed by atoms with van der Waals surface area (Å²) in [6.07, 6.45) is -0.697. The maximum absolute atomic E-state index is 11.6. The molecule has 5 heteroatoms. The maximum atomic E-state index is 11.6. The van der Waals surface area contributed by atoms with E-state index < -0.39 is 11.7 Å². The molecule has 2 rings (SSSR count). The van der Waals surface area contributed by atoms with Crippen molar-refractivity contribution in [2.75, 3.05) is 0 Å². The van der Waals surface area contributed by atoms with Crippen molar-refractivity contribution in [2.45, 2.75) is 45.9 Å². The summed E-state index contributed by atoms with van der Waals surface area (Å²) in [4.78, 5) is 23.1. The molecule has 0 aromatic heterocycles. The number of fused-ring (bicyclic) bond motifs is 1. The fraction of sp³-hybridized carbons (Fsp3) is 0.467. The number of carbonyl (C=O) groups is 2. The molecule has 1 unspecified atom stereocenters. The lowest BCUT2D eigenvalue weighted by Crippen LogP contribution is -2.32. The highest BCUT2D eigenvalue weighted by Gasteiger charge is 2.27. The van der Waals surface area contributed by atoms with E-state index in [2.05, 4.69) is 5.32 Å². The molecular formula is C15H19NO4. The van der Waals surface area contributed by atoms with Crippen LogP contribution in [-0.2, 0) is 16.0 Å². The van der Waals surface area contributed by atoms with E-state index in [0.29, 0.717) is 12.1 Å². The average molecular weight is 277 g/mol. The standard InChI is InChI=1S/C15H19NO4/c1-9-12-7-10(5-6-11(12)13(17)19-9)8-16-14(18)20-15(2,3)4/h5-7,9H,8H2,1-4H3,(H,16,18). The van der Waals surface area contributed by atoms with Gasteiger partial charge in [0, 0.05) is 12.1 Å². The first-order valence-corrected chi connectivity index (χ1v) is 6.57. The summed E-state index contributed by atoms with van der Waals surface area (Å²) in [5.74, 6) is -0.292. The van der Waals surface area contributed by atoms with Gasteiger partial charge in [-0.15, -0.1) is 0 Å². The minimum absolute atomic E-state index is 0.237. The molecule has 1 N–H and O–H groups in total. The number of esters is 1. The third-order valence-electron chi connectivity index (χ3n) is 2.89. The van der Waals surface area contributed by atoms with Gasteiger partial charge in [-0.1, -0.05) is 6.07 Å². The molecule has 20 heavy (non-hydrogen) atoms. The monoisotopic (exact) mass is 277 g/mol. The van der Waals surface area contributed by atoms with E-state index >= 15 is 0 Å². The first-order chi connectivity index (χ1) is 9.26. The van der Waals surface area contributed by atoms with Crippen LogP contribution in [0.3, 0.4) is 0 Å². The molecule has 0 bridgehead atoms. The minimum Gasteiger partial charge on any atom is -0.454 e. The van der Waals surface area contributed by atoms with E-state index in [4.69, 9.17) is 9.47 Å². The highest BCUT2D eigenvalue weighted by atomic mass is 16.6. The van der Waals surface area contributed by atoms with Gasteiger partial charge in [-0.2, -0.15) is 0 Å². The highest BCUT2D eigenvalue weighted by molar-refractivity contribution is 5.94. The van der Waals surface area contributed by atoms with Gasteiger partial charge in [-0.3, -0.25) is 0 Å². The number of cyclic esters (lactones) is 1. The van der Waals surface area contributed by atoms with Gasteiger partial charge in [0.2, 0.25) is 0 Å². The van der Waals surface area contributed by atoms with Crippen molar-refractivity contribution in [1.82, 2.24) is 5.32 Å². The van der Waals surface area contributed by atoms with Gasteiger partial charge in [-0.25, -0.2) is 9.59 Å². The molecule has 0 spiro atoms. The average Bonchev–Trinajstić information content (AvgIpc) is 2.60. The lowest BCUT2D eigenvalue weighted by Gasteiger charge is -2.19. The second kappa shape index (κ2) is 5.15. The second-order valence-corrected chi connectivity index (χ2v) is 5.82. The van der Waals surface area contributed by atoms with Gasteiger partial charge in [0.25, 0.3) is 0 Å². The van der Waals surface area contributed by atoms with Crippen LogP contribution in [0.4, 0.5) is 4.79 Å². The Morgan fingerprint density at radius 1 is 1.40 bits per heavy atom. The molecule has 1 aliphatic rings. The van der Waals surface area contributed by atoms with Gasteiger partial charge in [-0.05, 0) is 45.4 Å². The summed E-state index contributed by atoms with van der Waals surface area (Å²) in [5, 5.41) is 2.69. The van der Waals surface area contributed by atoms with Crippen LogP contribution in [0.2, 0.25) is 0 Å².